The van der Waals surface area contributed by atoms with E-state index in [0.717, 1.165) is 60.9 Å². The molecule has 32 heavy (non-hydrogen) atoms. The summed E-state index contributed by atoms with van der Waals surface area (Å²) in [6.07, 6.45) is 4.99. The van der Waals surface area contributed by atoms with Crippen LogP contribution in [0.2, 0.25) is 10.0 Å². The van der Waals surface area contributed by atoms with Gasteiger partial charge in [0.05, 0.1) is 15.7 Å². The molecule has 2 aromatic carbocycles. The fraction of sp³-hybridized carbons (Fsp3) is 0.200. The minimum absolute atomic E-state index is 0.580. The molecular weight excluding hydrogens is 441 g/mol. The molecule has 2 aromatic heterocycles. The summed E-state index contributed by atoms with van der Waals surface area (Å²) in [7, 11) is 0. The van der Waals surface area contributed by atoms with Crippen molar-refractivity contribution in [3.05, 3.63) is 99.6 Å². The second-order valence-corrected chi connectivity index (χ2v) is 8.94. The van der Waals surface area contributed by atoms with E-state index in [-0.39, 0.29) is 0 Å². The lowest BCUT2D eigenvalue weighted by Crippen LogP contribution is -2.31. The Hall–Kier alpha value is -2.86. The van der Waals surface area contributed by atoms with Crippen LogP contribution in [0.25, 0.3) is 11.4 Å². The second kappa shape index (κ2) is 8.94. The van der Waals surface area contributed by atoms with Gasteiger partial charge < -0.3 is 10.3 Å². The lowest BCUT2D eigenvalue weighted by Gasteiger charge is -2.28. The molecule has 0 saturated heterocycles. The van der Waals surface area contributed by atoms with Crippen LogP contribution in [0.4, 0.5) is 5.69 Å². The SMILES string of the molecule is Nc1ccc(-c2ncc3c(n2)CCN(Cc2cccn2Cc2ccc(Cl)c(Cl)c2)C3)cc1. The standard InChI is InChI=1S/C25H23Cl2N5/c26-22-8-3-17(12-23(22)27)14-32-10-1-2-21(32)16-31-11-9-24-19(15-31)13-29-25(30-24)18-4-6-20(28)7-5-18/h1-8,10,12-13H,9,11,14-16,28H2. The highest BCUT2D eigenvalue weighted by Crippen LogP contribution is 2.25. The molecule has 5 nitrogen and oxygen atoms in total. The largest absolute Gasteiger partial charge is 0.399 e. The van der Waals surface area contributed by atoms with Gasteiger partial charge in [0.15, 0.2) is 5.82 Å². The summed E-state index contributed by atoms with van der Waals surface area (Å²) < 4.78 is 2.26. The molecule has 0 bridgehead atoms. The van der Waals surface area contributed by atoms with E-state index in [2.05, 4.69) is 32.8 Å². The van der Waals surface area contributed by atoms with Gasteiger partial charge in [0.25, 0.3) is 0 Å². The first-order chi connectivity index (χ1) is 15.5. The minimum Gasteiger partial charge on any atom is -0.399 e. The van der Waals surface area contributed by atoms with Gasteiger partial charge in [-0.3, -0.25) is 4.90 Å². The number of aromatic nitrogens is 3. The Bertz CT molecular complexity index is 1250. The highest BCUT2D eigenvalue weighted by atomic mass is 35.5. The quantitative estimate of drug-likeness (QED) is 0.400. The molecule has 1 aliphatic heterocycles. The first-order valence-electron chi connectivity index (χ1n) is 10.6. The zero-order valence-corrected chi connectivity index (χ0v) is 19.0. The predicted molar refractivity (Wildman–Crippen MR) is 130 cm³/mol. The van der Waals surface area contributed by atoms with Crippen molar-refractivity contribution in [3.63, 3.8) is 0 Å². The zero-order valence-electron chi connectivity index (χ0n) is 17.5. The molecule has 7 heteroatoms. The molecule has 0 amide bonds. The molecule has 0 spiro atoms. The topological polar surface area (TPSA) is 60.0 Å². The number of hydrogen-bond acceptors (Lipinski definition) is 4. The summed E-state index contributed by atoms with van der Waals surface area (Å²) in [5, 5.41) is 1.17. The highest BCUT2D eigenvalue weighted by molar-refractivity contribution is 6.42. The summed E-state index contributed by atoms with van der Waals surface area (Å²) in [6, 6.07) is 17.8. The van der Waals surface area contributed by atoms with Gasteiger partial charge in [-0.2, -0.15) is 0 Å². The van der Waals surface area contributed by atoms with Crippen molar-refractivity contribution in [2.45, 2.75) is 26.1 Å². The van der Waals surface area contributed by atoms with E-state index in [1.54, 1.807) is 0 Å². The van der Waals surface area contributed by atoms with Crippen molar-refractivity contribution in [3.8, 4) is 11.4 Å². The van der Waals surface area contributed by atoms with Crippen LogP contribution in [0, 0.1) is 0 Å². The van der Waals surface area contributed by atoms with E-state index in [1.165, 1.54) is 11.3 Å². The van der Waals surface area contributed by atoms with Gasteiger partial charge in [0.2, 0.25) is 0 Å². The molecule has 0 aliphatic carbocycles. The fourth-order valence-corrected chi connectivity index (χ4v) is 4.41. The highest BCUT2D eigenvalue weighted by Gasteiger charge is 2.20. The van der Waals surface area contributed by atoms with Gasteiger partial charge in [-0.05, 0) is 54.1 Å². The molecule has 0 fully saturated rings. The van der Waals surface area contributed by atoms with Gasteiger partial charge in [-0.15, -0.1) is 0 Å². The summed E-state index contributed by atoms with van der Waals surface area (Å²) in [4.78, 5) is 11.9. The molecule has 162 valence electrons. The fourth-order valence-electron chi connectivity index (χ4n) is 4.09. The maximum Gasteiger partial charge on any atom is 0.159 e. The number of benzene rings is 2. The van der Waals surface area contributed by atoms with Crippen molar-refractivity contribution in [1.29, 1.82) is 0 Å². The van der Waals surface area contributed by atoms with E-state index < -0.39 is 0 Å². The third-order valence-electron chi connectivity index (χ3n) is 5.83. The number of rotatable bonds is 5. The third kappa shape index (κ3) is 4.51. The van der Waals surface area contributed by atoms with E-state index in [9.17, 15) is 0 Å². The van der Waals surface area contributed by atoms with Crippen LogP contribution in [0.5, 0.6) is 0 Å². The monoisotopic (exact) mass is 463 g/mol. The lowest BCUT2D eigenvalue weighted by molar-refractivity contribution is 0.237. The maximum atomic E-state index is 6.19. The van der Waals surface area contributed by atoms with Gasteiger partial charge in [0, 0.05) is 67.5 Å². The summed E-state index contributed by atoms with van der Waals surface area (Å²) in [5.74, 6) is 0.757. The molecule has 0 unspecified atom stereocenters. The van der Waals surface area contributed by atoms with Gasteiger partial charge >= 0.3 is 0 Å². The Kier molecular flexibility index (Phi) is 5.87. The average molecular weight is 464 g/mol. The number of fused-ring (bicyclic) bond motifs is 1. The number of nitrogens with two attached hydrogens (primary N) is 1. The minimum atomic E-state index is 0.580. The van der Waals surface area contributed by atoms with Crippen LogP contribution in [-0.2, 0) is 26.1 Å². The molecule has 5 rings (SSSR count). The smallest absolute Gasteiger partial charge is 0.159 e. The number of halogens is 2. The summed E-state index contributed by atoms with van der Waals surface area (Å²) in [5.41, 5.74) is 12.2. The van der Waals surface area contributed by atoms with E-state index in [4.69, 9.17) is 33.9 Å². The first-order valence-corrected chi connectivity index (χ1v) is 11.3. The Morgan fingerprint density at radius 1 is 0.969 bits per heavy atom. The number of hydrogen-bond donors (Lipinski definition) is 1. The zero-order chi connectivity index (χ0) is 22.1. The average Bonchev–Trinajstić information content (AvgIpc) is 3.23. The molecule has 1 aliphatic rings. The number of nitrogens with zero attached hydrogens (tertiary/aromatic N) is 4. The molecular formula is C25H23Cl2N5. The van der Waals surface area contributed by atoms with E-state index >= 15 is 0 Å². The third-order valence-corrected chi connectivity index (χ3v) is 6.57. The van der Waals surface area contributed by atoms with Crippen LogP contribution >= 0.6 is 23.2 Å². The van der Waals surface area contributed by atoms with Crippen molar-refractivity contribution in [2.75, 3.05) is 12.3 Å². The van der Waals surface area contributed by atoms with Gasteiger partial charge in [-0.25, -0.2) is 9.97 Å². The Morgan fingerprint density at radius 2 is 1.81 bits per heavy atom. The maximum absolute atomic E-state index is 6.19. The van der Waals surface area contributed by atoms with Gasteiger partial charge in [0.1, 0.15) is 0 Å². The summed E-state index contributed by atoms with van der Waals surface area (Å²) in [6.45, 7) is 3.43. The Balaban J connectivity index is 1.28. The van der Waals surface area contributed by atoms with Crippen LogP contribution in [0.15, 0.2) is 67.0 Å². The molecule has 0 saturated carbocycles. The molecule has 0 radical (unpaired) electrons. The van der Waals surface area contributed by atoms with Crippen LogP contribution < -0.4 is 5.73 Å². The molecule has 0 atom stereocenters. The van der Waals surface area contributed by atoms with Gasteiger partial charge in [-0.1, -0.05) is 29.3 Å². The van der Waals surface area contributed by atoms with Crippen molar-refractivity contribution >= 4 is 28.9 Å². The van der Waals surface area contributed by atoms with Crippen molar-refractivity contribution < 1.29 is 0 Å². The Labute approximate surface area is 197 Å². The molecule has 3 heterocycles. The number of anilines is 1. The first kappa shape index (κ1) is 21.0. The predicted octanol–water partition coefficient (Wildman–Crippen LogP) is 5.44. The normalized spacial score (nSPS) is 13.8. The molecule has 2 N–H and O–H groups in total. The van der Waals surface area contributed by atoms with E-state index in [0.29, 0.717) is 10.0 Å². The Morgan fingerprint density at radius 3 is 2.62 bits per heavy atom. The number of nitrogen functional groups attached to an aromatic ring is 1. The van der Waals surface area contributed by atoms with Crippen LogP contribution in [0.3, 0.4) is 0 Å². The van der Waals surface area contributed by atoms with Crippen LogP contribution in [-0.4, -0.2) is 26.0 Å². The van der Waals surface area contributed by atoms with Crippen LogP contribution in [0.1, 0.15) is 22.5 Å². The van der Waals surface area contributed by atoms with Crippen molar-refractivity contribution in [1.82, 2.24) is 19.4 Å². The molecule has 4 aromatic rings. The lowest BCUT2D eigenvalue weighted by atomic mass is 10.1. The van der Waals surface area contributed by atoms with E-state index in [1.807, 2.05) is 48.7 Å². The second-order valence-electron chi connectivity index (χ2n) is 8.12. The summed E-state index contributed by atoms with van der Waals surface area (Å²) >= 11 is 12.2. The van der Waals surface area contributed by atoms with Crippen molar-refractivity contribution in [2.24, 2.45) is 0 Å².